The zero-order valence-electron chi connectivity index (χ0n) is 18.5. The SMILES string of the molecule is CC(=O)NC1CCOc2ccc(-c3csc(NC(=O)/C=C\c4ccc5c(c4)OCCO5)n3)cc21. The van der Waals surface area contributed by atoms with Gasteiger partial charge in [-0.3, -0.25) is 14.9 Å². The average Bonchev–Trinajstić information content (AvgIpc) is 3.30. The van der Waals surface area contributed by atoms with Crippen LogP contribution in [0.2, 0.25) is 0 Å². The number of aromatic nitrogens is 1. The first-order chi connectivity index (χ1) is 16.5. The van der Waals surface area contributed by atoms with Crippen molar-refractivity contribution in [3.05, 3.63) is 59.0 Å². The molecule has 2 aliphatic rings. The maximum atomic E-state index is 12.4. The molecule has 9 heteroatoms. The molecule has 34 heavy (non-hydrogen) atoms. The third kappa shape index (κ3) is 4.89. The minimum absolute atomic E-state index is 0.0776. The number of hydrogen-bond donors (Lipinski definition) is 2. The maximum absolute atomic E-state index is 12.4. The molecule has 2 N–H and O–H groups in total. The molecule has 3 aromatic rings. The lowest BCUT2D eigenvalue weighted by Crippen LogP contribution is -2.30. The Hall–Kier alpha value is -3.85. The van der Waals surface area contributed by atoms with E-state index in [0.717, 1.165) is 28.1 Å². The highest BCUT2D eigenvalue weighted by molar-refractivity contribution is 7.14. The Bertz CT molecular complexity index is 1270. The molecule has 3 heterocycles. The van der Waals surface area contributed by atoms with E-state index in [4.69, 9.17) is 14.2 Å². The van der Waals surface area contributed by atoms with Crippen molar-refractivity contribution in [1.29, 1.82) is 0 Å². The first-order valence-corrected chi connectivity index (χ1v) is 11.8. The molecule has 0 spiro atoms. The number of carbonyl (C=O) groups excluding carboxylic acids is 2. The first-order valence-electron chi connectivity index (χ1n) is 10.9. The summed E-state index contributed by atoms with van der Waals surface area (Å²) in [6, 6.07) is 11.3. The number of carbonyl (C=O) groups is 2. The molecule has 0 saturated carbocycles. The highest BCUT2D eigenvalue weighted by Crippen LogP contribution is 2.36. The van der Waals surface area contributed by atoms with Gasteiger partial charge in [-0.2, -0.15) is 0 Å². The Morgan fingerprint density at radius 2 is 1.82 bits per heavy atom. The van der Waals surface area contributed by atoms with Crippen LogP contribution < -0.4 is 24.8 Å². The fourth-order valence-electron chi connectivity index (χ4n) is 3.90. The lowest BCUT2D eigenvalue weighted by atomic mass is 9.97. The molecule has 0 saturated heterocycles. The molecule has 1 unspecified atom stereocenters. The largest absolute Gasteiger partial charge is 0.493 e. The van der Waals surface area contributed by atoms with Crippen molar-refractivity contribution in [2.45, 2.75) is 19.4 Å². The molecule has 174 valence electrons. The zero-order chi connectivity index (χ0) is 23.5. The van der Waals surface area contributed by atoms with Crippen molar-refractivity contribution in [3.63, 3.8) is 0 Å². The average molecular weight is 478 g/mol. The lowest BCUT2D eigenvalue weighted by molar-refractivity contribution is -0.119. The molecular weight excluding hydrogens is 454 g/mol. The minimum Gasteiger partial charge on any atom is -0.493 e. The summed E-state index contributed by atoms with van der Waals surface area (Å²) in [7, 11) is 0. The standard InChI is InChI=1S/C25H23N3O5S/c1-15(29)26-19-8-9-31-21-6-4-17(13-18(19)21)20-14-34-25(27-20)28-24(30)7-3-16-2-5-22-23(12-16)33-11-10-32-22/h2-7,12-14,19H,8-11H2,1H3,(H,26,29)(H,27,28,30)/b7-3-. The number of fused-ring (bicyclic) bond motifs is 2. The predicted octanol–water partition coefficient (Wildman–Crippen LogP) is 4.19. The van der Waals surface area contributed by atoms with Gasteiger partial charge in [0.2, 0.25) is 11.8 Å². The molecule has 1 atom stereocenters. The van der Waals surface area contributed by atoms with Crippen LogP contribution in [0.3, 0.4) is 0 Å². The number of nitrogens with one attached hydrogen (secondary N) is 2. The van der Waals surface area contributed by atoms with E-state index in [0.29, 0.717) is 42.9 Å². The molecule has 0 radical (unpaired) electrons. The number of ether oxygens (including phenoxy) is 3. The number of anilines is 1. The minimum atomic E-state index is -0.277. The Kier molecular flexibility index (Phi) is 6.18. The van der Waals surface area contributed by atoms with Crippen molar-refractivity contribution < 1.29 is 23.8 Å². The summed E-state index contributed by atoms with van der Waals surface area (Å²) in [6.07, 6.45) is 3.89. The van der Waals surface area contributed by atoms with E-state index in [2.05, 4.69) is 15.6 Å². The number of nitrogens with zero attached hydrogens (tertiary/aromatic N) is 1. The molecule has 5 rings (SSSR count). The monoisotopic (exact) mass is 477 g/mol. The Morgan fingerprint density at radius 3 is 2.68 bits per heavy atom. The molecule has 0 bridgehead atoms. The van der Waals surface area contributed by atoms with Crippen LogP contribution in [-0.4, -0.2) is 36.6 Å². The number of benzene rings is 2. The lowest BCUT2D eigenvalue weighted by Gasteiger charge is -2.26. The van der Waals surface area contributed by atoms with E-state index < -0.39 is 0 Å². The van der Waals surface area contributed by atoms with Crippen LogP contribution in [0.15, 0.2) is 47.9 Å². The summed E-state index contributed by atoms with van der Waals surface area (Å²) in [4.78, 5) is 28.5. The predicted molar refractivity (Wildman–Crippen MR) is 129 cm³/mol. The highest BCUT2D eigenvalue weighted by atomic mass is 32.1. The fraction of sp³-hybridized carbons (Fsp3) is 0.240. The second-order valence-corrected chi connectivity index (χ2v) is 8.76. The molecule has 2 aliphatic heterocycles. The van der Waals surface area contributed by atoms with Crippen molar-refractivity contribution >= 4 is 34.4 Å². The quantitative estimate of drug-likeness (QED) is 0.535. The number of hydrogen-bond acceptors (Lipinski definition) is 7. The van der Waals surface area contributed by atoms with E-state index >= 15 is 0 Å². The summed E-state index contributed by atoms with van der Waals surface area (Å²) in [5, 5.41) is 8.17. The Labute approximate surface area is 200 Å². The summed E-state index contributed by atoms with van der Waals surface area (Å²) in [6.45, 7) is 3.12. The van der Waals surface area contributed by atoms with E-state index in [9.17, 15) is 9.59 Å². The van der Waals surface area contributed by atoms with Crippen molar-refractivity contribution in [2.24, 2.45) is 0 Å². The molecule has 8 nitrogen and oxygen atoms in total. The zero-order valence-corrected chi connectivity index (χ0v) is 19.3. The second kappa shape index (κ2) is 9.56. The van der Waals surface area contributed by atoms with E-state index in [1.54, 1.807) is 6.08 Å². The third-order valence-electron chi connectivity index (χ3n) is 5.45. The van der Waals surface area contributed by atoms with Gasteiger partial charge in [-0.25, -0.2) is 4.98 Å². The van der Waals surface area contributed by atoms with E-state index in [1.807, 2.05) is 41.8 Å². The van der Waals surface area contributed by atoms with Gasteiger partial charge in [0, 0.05) is 35.9 Å². The first kappa shape index (κ1) is 22.0. The second-order valence-electron chi connectivity index (χ2n) is 7.91. The van der Waals surface area contributed by atoms with Crippen LogP contribution in [0.25, 0.3) is 17.3 Å². The Balaban J connectivity index is 1.27. The van der Waals surface area contributed by atoms with Crippen molar-refractivity contribution in [3.8, 4) is 28.5 Å². The molecule has 2 amide bonds. The van der Waals surface area contributed by atoms with Crippen LogP contribution in [0, 0.1) is 0 Å². The highest BCUT2D eigenvalue weighted by Gasteiger charge is 2.23. The van der Waals surface area contributed by atoms with E-state index in [1.165, 1.54) is 24.3 Å². The maximum Gasteiger partial charge on any atom is 0.250 e. The normalized spacial score (nSPS) is 16.4. The third-order valence-corrected chi connectivity index (χ3v) is 6.21. The molecule has 1 aromatic heterocycles. The Morgan fingerprint density at radius 1 is 1.03 bits per heavy atom. The summed E-state index contributed by atoms with van der Waals surface area (Å²) >= 11 is 1.35. The van der Waals surface area contributed by atoms with Gasteiger partial charge in [0.05, 0.1) is 18.3 Å². The van der Waals surface area contributed by atoms with Crippen LogP contribution >= 0.6 is 11.3 Å². The van der Waals surface area contributed by atoms with Gasteiger partial charge in [0.15, 0.2) is 16.6 Å². The van der Waals surface area contributed by atoms with Gasteiger partial charge >= 0.3 is 0 Å². The molecule has 0 fully saturated rings. The van der Waals surface area contributed by atoms with Gasteiger partial charge in [0.25, 0.3) is 0 Å². The van der Waals surface area contributed by atoms with E-state index in [-0.39, 0.29) is 17.9 Å². The van der Waals surface area contributed by atoms with Crippen LogP contribution in [-0.2, 0) is 9.59 Å². The van der Waals surface area contributed by atoms with Crippen molar-refractivity contribution in [2.75, 3.05) is 25.1 Å². The molecule has 0 aliphatic carbocycles. The van der Waals surface area contributed by atoms with Gasteiger partial charge in [0.1, 0.15) is 19.0 Å². The summed E-state index contributed by atoms with van der Waals surface area (Å²) < 4.78 is 16.8. The summed E-state index contributed by atoms with van der Waals surface area (Å²) in [5.74, 6) is 1.79. The number of thiazole rings is 1. The van der Waals surface area contributed by atoms with Crippen LogP contribution in [0.4, 0.5) is 5.13 Å². The fourth-order valence-corrected chi connectivity index (χ4v) is 4.62. The number of amides is 2. The topological polar surface area (TPSA) is 98.8 Å². The smallest absolute Gasteiger partial charge is 0.250 e. The van der Waals surface area contributed by atoms with Gasteiger partial charge < -0.3 is 19.5 Å². The van der Waals surface area contributed by atoms with Gasteiger partial charge in [-0.1, -0.05) is 6.07 Å². The van der Waals surface area contributed by atoms with Gasteiger partial charge in [-0.15, -0.1) is 11.3 Å². The number of rotatable bonds is 5. The van der Waals surface area contributed by atoms with Crippen molar-refractivity contribution in [1.82, 2.24) is 10.3 Å². The molecule has 2 aromatic carbocycles. The van der Waals surface area contributed by atoms with Crippen LogP contribution in [0.5, 0.6) is 17.2 Å². The molecular formula is C25H23N3O5S. The van der Waals surface area contributed by atoms with Gasteiger partial charge in [-0.05, 0) is 42.0 Å². The van der Waals surface area contributed by atoms with Crippen LogP contribution in [0.1, 0.15) is 30.5 Å². The summed E-state index contributed by atoms with van der Waals surface area (Å²) in [5.41, 5.74) is 3.40.